The second-order valence-corrected chi connectivity index (χ2v) is 3.32. The first-order chi connectivity index (χ1) is 6.73. The lowest BCUT2D eigenvalue weighted by Crippen LogP contribution is -2.41. The van der Waals surface area contributed by atoms with Crippen LogP contribution in [0.1, 0.15) is 20.3 Å². The number of hydrogen-bond acceptors (Lipinski definition) is 3. The zero-order valence-corrected chi connectivity index (χ0v) is 9.11. The summed E-state index contributed by atoms with van der Waals surface area (Å²) < 4.78 is 30.5. The monoisotopic (exact) mass is 240 g/mol. The molecule has 0 bridgehead atoms. The van der Waals surface area contributed by atoms with Gasteiger partial charge >= 0.3 is 11.9 Å². The van der Waals surface area contributed by atoms with Crippen LogP contribution < -0.4 is 0 Å². The van der Waals surface area contributed by atoms with Gasteiger partial charge in [-0.3, -0.25) is 4.79 Å². The predicted octanol–water partition coefficient (Wildman–Crippen LogP) is 2.29. The van der Waals surface area contributed by atoms with Crippen LogP contribution in [-0.4, -0.2) is 23.2 Å². The molecule has 0 rings (SSSR count). The summed E-state index contributed by atoms with van der Waals surface area (Å²) in [6, 6.07) is 0. The van der Waals surface area contributed by atoms with Gasteiger partial charge in [0.2, 0.25) is 0 Å². The summed E-state index contributed by atoms with van der Waals surface area (Å²) in [4.78, 5) is 21.4. The quantitative estimate of drug-likeness (QED) is 0.421. The number of halogens is 3. The summed E-state index contributed by atoms with van der Waals surface area (Å²) >= 11 is 4.70. The van der Waals surface area contributed by atoms with Crippen molar-refractivity contribution in [1.29, 1.82) is 0 Å². The number of hydrogen-bond donors (Lipinski definition) is 0. The Balaban J connectivity index is 4.71. The van der Waals surface area contributed by atoms with Crippen LogP contribution in [0.15, 0.2) is 12.2 Å². The molecule has 6 heteroatoms. The molecule has 0 aliphatic heterocycles. The Hall–Kier alpha value is -0.970. The third-order valence-electron chi connectivity index (χ3n) is 1.63. The number of carbonyl (C=O) groups excluding carboxylic acids is 2. The van der Waals surface area contributed by atoms with Crippen LogP contribution in [0.3, 0.4) is 0 Å². The van der Waals surface area contributed by atoms with E-state index >= 15 is 0 Å². The number of ether oxygens (including phenoxy) is 1. The Morgan fingerprint density at radius 2 is 2.00 bits per heavy atom. The number of esters is 1. The Morgan fingerprint density at radius 1 is 1.53 bits per heavy atom. The van der Waals surface area contributed by atoms with E-state index in [9.17, 15) is 18.4 Å². The lowest BCUT2D eigenvalue weighted by Gasteiger charge is -2.22. The molecule has 0 aromatic carbocycles. The Morgan fingerprint density at radius 3 is 2.27 bits per heavy atom. The number of rotatable bonds is 5. The molecule has 0 aliphatic rings. The highest BCUT2D eigenvalue weighted by atomic mass is 35.5. The predicted molar refractivity (Wildman–Crippen MR) is 50.8 cm³/mol. The van der Waals surface area contributed by atoms with E-state index in [-0.39, 0.29) is 12.0 Å². The van der Waals surface area contributed by atoms with Crippen molar-refractivity contribution in [2.45, 2.75) is 32.3 Å². The molecule has 0 fully saturated rings. The van der Waals surface area contributed by atoms with Gasteiger partial charge in [0.25, 0.3) is 5.24 Å². The van der Waals surface area contributed by atoms with Gasteiger partial charge in [0, 0.05) is 5.57 Å². The topological polar surface area (TPSA) is 43.4 Å². The van der Waals surface area contributed by atoms with E-state index < -0.39 is 23.2 Å². The van der Waals surface area contributed by atoms with Gasteiger partial charge in [-0.05, 0) is 24.9 Å². The highest BCUT2D eigenvalue weighted by Crippen LogP contribution is 2.27. The van der Waals surface area contributed by atoms with E-state index in [4.69, 9.17) is 11.6 Å². The van der Waals surface area contributed by atoms with Crippen molar-refractivity contribution in [1.82, 2.24) is 0 Å². The standard InChI is InChI=1S/C9H11ClF2O3/c1-4-6(9(11,12)8(10)14)15-7(13)5(2)3/h6H,2,4H2,1,3H3. The minimum Gasteiger partial charge on any atom is -0.452 e. The maximum Gasteiger partial charge on any atom is 0.355 e. The van der Waals surface area contributed by atoms with Crippen LogP contribution in [-0.2, 0) is 14.3 Å². The second kappa shape index (κ2) is 5.21. The molecule has 86 valence electrons. The molecular formula is C9H11ClF2O3. The fourth-order valence-corrected chi connectivity index (χ4v) is 0.892. The Bertz CT molecular complexity index is 289. The van der Waals surface area contributed by atoms with Crippen LogP contribution in [0, 0.1) is 0 Å². The molecule has 1 unspecified atom stereocenters. The Labute approximate surface area is 91.0 Å². The molecule has 0 heterocycles. The summed E-state index contributed by atoms with van der Waals surface area (Å²) in [6.45, 7) is 5.90. The van der Waals surface area contributed by atoms with Crippen molar-refractivity contribution < 1.29 is 23.1 Å². The van der Waals surface area contributed by atoms with Gasteiger partial charge in [-0.15, -0.1) is 0 Å². The average molecular weight is 241 g/mol. The van der Waals surface area contributed by atoms with E-state index in [1.165, 1.54) is 13.8 Å². The third-order valence-corrected chi connectivity index (χ3v) is 1.89. The smallest absolute Gasteiger partial charge is 0.355 e. The summed E-state index contributed by atoms with van der Waals surface area (Å²) in [7, 11) is 0. The first-order valence-corrected chi connectivity index (χ1v) is 4.55. The molecule has 0 amide bonds. The zero-order chi connectivity index (χ0) is 12.2. The zero-order valence-electron chi connectivity index (χ0n) is 8.35. The summed E-state index contributed by atoms with van der Waals surface area (Å²) in [6.07, 6.45) is -2.07. The number of carbonyl (C=O) groups is 2. The fraction of sp³-hybridized carbons (Fsp3) is 0.556. The average Bonchev–Trinajstić information content (AvgIpc) is 2.12. The van der Waals surface area contributed by atoms with Crippen LogP contribution in [0.2, 0.25) is 0 Å². The van der Waals surface area contributed by atoms with Crippen molar-refractivity contribution in [2.24, 2.45) is 0 Å². The molecule has 15 heavy (non-hydrogen) atoms. The molecule has 0 saturated heterocycles. The van der Waals surface area contributed by atoms with Crippen LogP contribution >= 0.6 is 11.6 Å². The first kappa shape index (κ1) is 14.0. The summed E-state index contributed by atoms with van der Waals surface area (Å²) in [5, 5.41) is -1.84. The van der Waals surface area contributed by atoms with Crippen molar-refractivity contribution in [3.63, 3.8) is 0 Å². The SMILES string of the molecule is C=C(C)C(=O)OC(CC)C(F)(F)C(=O)Cl. The van der Waals surface area contributed by atoms with Gasteiger partial charge in [0.1, 0.15) is 0 Å². The Kier molecular flexibility index (Phi) is 4.87. The van der Waals surface area contributed by atoms with Gasteiger partial charge in [-0.25, -0.2) is 4.79 Å². The van der Waals surface area contributed by atoms with Gasteiger partial charge in [0.15, 0.2) is 6.10 Å². The first-order valence-electron chi connectivity index (χ1n) is 4.17. The fourth-order valence-electron chi connectivity index (χ4n) is 0.770. The number of alkyl halides is 2. The molecule has 0 saturated carbocycles. The van der Waals surface area contributed by atoms with E-state index in [1.54, 1.807) is 0 Å². The molecule has 0 spiro atoms. The van der Waals surface area contributed by atoms with Crippen molar-refractivity contribution in [3.05, 3.63) is 12.2 Å². The molecule has 0 aromatic heterocycles. The van der Waals surface area contributed by atoms with Crippen LogP contribution in [0.25, 0.3) is 0 Å². The van der Waals surface area contributed by atoms with Crippen molar-refractivity contribution in [2.75, 3.05) is 0 Å². The van der Waals surface area contributed by atoms with Gasteiger partial charge < -0.3 is 4.74 Å². The van der Waals surface area contributed by atoms with E-state index in [0.717, 1.165) is 0 Å². The molecular weight excluding hydrogens is 230 g/mol. The van der Waals surface area contributed by atoms with Crippen molar-refractivity contribution >= 4 is 22.8 Å². The van der Waals surface area contributed by atoms with Gasteiger partial charge in [-0.2, -0.15) is 8.78 Å². The van der Waals surface area contributed by atoms with Crippen LogP contribution in [0.5, 0.6) is 0 Å². The maximum atomic E-state index is 13.0. The van der Waals surface area contributed by atoms with Crippen LogP contribution in [0.4, 0.5) is 8.78 Å². The molecule has 3 nitrogen and oxygen atoms in total. The lowest BCUT2D eigenvalue weighted by molar-refractivity contribution is -0.173. The largest absolute Gasteiger partial charge is 0.452 e. The minimum atomic E-state index is -3.87. The second-order valence-electron chi connectivity index (χ2n) is 2.98. The maximum absolute atomic E-state index is 13.0. The molecule has 0 N–H and O–H groups in total. The van der Waals surface area contributed by atoms with E-state index in [2.05, 4.69) is 11.3 Å². The minimum absolute atomic E-state index is 0.0220. The van der Waals surface area contributed by atoms with Gasteiger partial charge in [-0.1, -0.05) is 13.5 Å². The molecule has 0 aliphatic carbocycles. The lowest BCUT2D eigenvalue weighted by atomic mass is 10.1. The van der Waals surface area contributed by atoms with Crippen molar-refractivity contribution in [3.8, 4) is 0 Å². The summed E-state index contributed by atoms with van der Waals surface area (Å²) in [5.74, 6) is -4.85. The molecule has 0 radical (unpaired) electrons. The van der Waals surface area contributed by atoms with E-state index in [1.807, 2.05) is 0 Å². The van der Waals surface area contributed by atoms with Gasteiger partial charge in [0.05, 0.1) is 0 Å². The molecule has 1 atom stereocenters. The third kappa shape index (κ3) is 3.58. The molecule has 0 aromatic rings. The normalized spacial score (nSPS) is 13.1. The highest BCUT2D eigenvalue weighted by molar-refractivity contribution is 6.65. The van der Waals surface area contributed by atoms with E-state index in [0.29, 0.717) is 0 Å². The summed E-state index contributed by atoms with van der Waals surface area (Å²) in [5.41, 5.74) is -0.0220. The highest BCUT2D eigenvalue weighted by Gasteiger charge is 2.47.